The lowest BCUT2D eigenvalue weighted by atomic mass is 9.53. The zero-order chi connectivity index (χ0) is 14.2. The molecule has 1 unspecified atom stereocenters. The first kappa shape index (κ1) is 14.0. The van der Waals surface area contributed by atoms with Crippen LogP contribution in [0.1, 0.15) is 37.7 Å². The molecule has 0 saturated heterocycles. The van der Waals surface area contributed by atoms with Crippen molar-refractivity contribution in [2.75, 3.05) is 6.54 Å². The van der Waals surface area contributed by atoms with Crippen LogP contribution in [0.25, 0.3) is 0 Å². The number of nitrogens with one attached hydrogen (secondary N) is 1. The van der Waals surface area contributed by atoms with Gasteiger partial charge in [-0.25, -0.2) is 13.6 Å². The van der Waals surface area contributed by atoms with E-state index in [4.69, 9.17) is 5.14 Å². The molecule has 20 heavy (non-hydrogen) atoms. The van der Waals surface area contributed by atoms with Crippen LogP contribution in [-0.2, 0) is 16.4 Å². The Morgan fingerprint density at radius 3 is 2.35 bits per heavy atom. The van der Waals surface area contributed by atoms with Crippen LogP contribution in [0, 0.1) is 5.41 Å². The van der Waals surface area contributed by atoms with Crippen molar-refractivity contribution in [2.45, 2.75) is 49.5 Å². The monoisotopic (exact) mass is 294 g/mol. The van der Waals surface area contributed by atoms with Gasteiger partial charge in [0, 0.05) is 6.04 Å². The lowest BCUT2D eigenvalue weighted by Crippen LogP contribution is -2.57. The first-order valence-corrected chi connectivity index (χ1v) is 8.89. The highest BCUT2D eigenvalue weighted by molar-refractivity contribution is 7.89. The van der Waals surface area contributed by atoms with E-state index in [9.17, 15) is 8.42 Å². The molecule has 3 rings (SSSR count). The lowest BCUT2D eigenvalue weighted by molar-refractivity contribution is -0.0168. The molecule has 0 bridgehead atoms. The molecule has 3 N–H and O–H groups in total. The van der Waals surface area contributed by atoms with E-state index >= 15 is 0 Å². The van der Waals surface area contributed by atoms with Crippen molar-refractivity contribution in [3.8, 4) is 0 Å². The van der Waals surface area contributed by atoms with E-state index in [-0.39, 0.29) is 4.90 Å². The van der Waals surface area contributed by atoms with Crippen LogP contribution < -0.4 is 10.5 Å². The zero-order valence-corrected chi connectivity index (χ0v) is 12.5. The molecule has 0 heterocycles. The van der Waals surface area contributed by atoms with Crippen molar-refractivity contribution in [2.24, 2.45) is 10.6 Å². The smallest absolute Gasteiger partial charge is 0.238 e. The Balaban J connectivity index is 1.49. The van der Waals surface area contributed by atoms with Crippen molar-refractivity contribution < 1.29 is 8.42 Å². The van der Waals surface area contributed by atoms with E-state index in [1.807, 2.05) is 12.1 Å². The van der Waals surface area contributed by atoms with Gasteiger partial charge in [-0.3, -0.25) is 0 Å². The minimum absolute atomic E-state index is 0.182. The van der Waals surface area contributed by atoms with Crippen molar-refractivity contribution >= 4 is 10.0 Å². The number of primary sulfonamides is 1. The summed E-state index contributed by atoms with van der Waals surface area (Å²) in [6.07, 6.45) is 7.82. The molecule has 2 aliphatic rings. The maximum atomic E-state index is 11.2. The Labute approximate surface area is 120 Å². The Bertz CT molecular complexity index is 571. The van der Waals surface area contributed by atoms with Crippen LogP contribution in [0.15, 0.2) is 29.2 Å². The summed E-state index contributed by atoms with van der Waals surface area (Å²) in [5.41, 5.74) is 1.78. The second-order valence-corrected chi connectivity index (χ2v) is 7.76. The standard InChI is InChI=1S/C15H22N2O2S/c16-20(18,19)13-4-2-12(3-5-13)7-11-17-14-6-10-15(14)8-1-9-15/h2-5,14,17H,1,6-11H2,(H2,16,18,19). The summed E-state index contributed by atoms with van der Waals surface area (Å²) in [5, 5.41) is 8.75. The van der Waals surface area contributed by atoms with Gasteiger partial charge in [0.15, 0.2) is 0 Å². The third-order valence-corrected chi connectivity index (χ3v) is 6.00. The van der Waals surface area contributed by atoms with Crippen molar-refractivity contribution in [1.82, 2.24) is 5.32 Å². The molecule has 2 fully saturated rings. The SMILES string of the molecule is NS(=O)(=O)c1ccc(CCNC2CCC23CCC3)cc1. The first-order valence-electron chi connectivity index (χ1n) is 7.35. The number of nitrogens with two attached hydrogens (primary N) is 1. The Morgan fingerprint density at radius 2 is 1.90 bits per heavy atom. The van der Waals surface area contributed by atoms with Crippen molar-refractivity contribution in [3.63, 3.8) is 0 Å². The number of rotatable bonds is 5. The number of benzene rings is 1. The molecule has 110 valence electrons. The third kappa shape index (κ3) is 2.62. The van der Waals surface area contributed by atoms with Gasteiger partial charge in [0.1, 0.15) is 0 Å². The quantitative estimate of drug-likeness (QED) is 0.870. The fourth-order valence-corrected chi connectivity index (χ4v) is 4.00. The van der Waals surface area contributed by atoms with E-state index in [0.29, 0.717) is 11.5 Å². The summed E-state index contributed by atoms with van der Waals surface area (Å²) < 4.78 is 22.3. The topological polar surface area (TPSA) is 72.2 Å². The van der Waals surface area contributed by atoms with E-state index < -0.39 is 10.0 Å². The van der Waals surface area contributed by atoms with Gasteiger partial charge in [-0.15, -0.1) is 0 Å². The van der Waals surface area contributed by atoms with Crippen LogP contribution in [-0.4, -0.2) is 21.0 Å². The normalized spacial score (nSPS) is 24.1. The minimum atomic E-state index is -3.58. The highest BCUT2D eigenvalue weighted by Gasteiger charge is 2.49. The highest BCUT2D eigenvalue weighted by atomic mass is 32.2. The molecular formula is C15H22N2O2S. The number of hydrogen-bond donors (Lipinski definition) is 2. The summed E-state index contributed by atoms with van der Waals surface area (Å²) in [4.78, 5) is 0.182. The summed E-state index contributed by atoms with van der Waals surface area (Å²) >= 11 is 0. The molecule has 1 atom stereocenters. The molecule has 0 amide bonds. The average Bonchev–Trinajstić information content (AvgIpc) is 2.31. The molecule has 0 radical (unpaired) electrons. The Morgan fingerprint density at radius 1 is 1.20 bits per heavy atom. The maximum Gasteiger partial charge on any atom is 0.238 e. The van der Waals surface area contributed by atoms with Crippen LogP contribution in [0.5, 0.6) is 0 Å². The molecule has 2 saturated carbocycles. The fourth-order valence-electron chi connectivity index (χ4n) is 3.48. The van der Waals surface area contributed by atoms with Crippen LogP contribution in [0.2, 0.25) is 0 Å². The van der Waals surface area contributed by atoms with Gasteiger partial charge < -0.3 is 5.32 Å². The molecule has 2 aliphatic carbocycles. The van der Waals surface area contributed by atoms with Crippen LogP contribution >= 0.6 is 0 Å². The van der Waals surface area contributed by atoms with Gasteiger partial charge in [-0.1, -0.05) is 18.6 Å². The third-order valence-electron chi connectivity index (χ3n) is 5.08. The van der Waals surface area contributed by atoms with Gasteiger partial charge in [-0.2, -0.15) is 0 Å². The highest BCUT2D eigenvalue weighted by Crippen LogP contribution is 2.55. The molecule has 1 aromatic rings. The number of hydrogen-bond acceptors (Lipinski definition) is 3. The largest absolute Gasteiger partial charge is 0.313 e. The van der Waals surface area contributed by atoms with Crippen molar-refractivity contribution in [1.29, 1.82) is 0 Å². The van der Waals surface area contributed by atoms with E-state index in [0.717, 1.165) is 18.5 Å². The molecule has 0 aliphatic heterocycles. The summed E-state index contributed by atoms with van der Waals surface area (Å²) in [7, 11) is -3.58. The number of sulfonamides is 1. The molecular weight excluding hydrogens is 272 g/mol. The van der Waals surface area contributed by atoms with Crippen molar-refractivity contribution in [3.05, 3.63) is 29.8 Å². The Kier molecular flexibility index (Phi) is 3.60. The molecule has 5 heteroatoms. The maximum absolute atomic E-state index is 11.2. The van der Waals surface area contributed by atoms with E-state index in [2.05, 4.69) is 5.32 Å². The fraction of sp³-hybridized carbons (Fsp3) is 0.600. The second-order valence-electron chi connectivity index (χ2n) is 6.20. The lowest BCUT2D eigenvalue weighted by Gasteiger charge is -2.56. The summed E-state index contributed by atoms with van der Waals surface area (Å²) in [6, 6.07) is 7.57. The average molecular weight is 294 g/mol. The first-order chi connectivity index (χ1) is 9.50. The molecule has 1 spiro atoms. The zero-order valence-electron chi connectivity index (χ0n) is 11.6. The predicted octanol–water partition coefficient (Wildman–Crippen LogP) is 1.80. The van der Waals surface area contributed by atoms with Gasteiger partial charge in [0.2, 0.25) is 10.0 Å². The molecule has 1 aromatic carbocycles. The van der Waals surface area contributed by atoms with E-state index in [1.165, 1.54) is 32.1 Å². The Hall–Kier alpha value is -0.910. The van der Waals surface area contributed by atoms with Gasteiger partial charge >= 0.3 is 0 Å². The summed E-state index contributed by atoms with van der Waals surface area (Å²) in [6.45, 7) is 0.959. The van der Waals surface area contributed by atoms with Gasteiger partial charge in [-0.05, 0) is 61.8 Å². The van der Waals surface area contributed by atoms with Gasteiger partial charge in [0.25, 0.3) is 0 Å². The minimum Gasteiger partial charge on any atom is -0.313 e. The van der Waals surface area contributed by atoms with Gasteiger partial charge in [0.05, 0.1) is 4.90 Å². The second kappa shape index (κ2) is 5.13. The molecule has 4 nitrogen and oxygen atoms in total. The predicted molar refractivity (Wildman–Crippen MR) is 78.8 cm³/mol. The summed E-state index contributed by atoms with van der Waals surface area (Å²) in [5.74, 6) is 0. The van der Waals surface area contributed by atoms with Crippen LogP contribution in [0.3, 0.4) is 0 Å². The molecule has 0 aromatic heterocycles. The van der Waals surface area contributed by atoms with Crippen LogP contribution in [0.4, 0.5) is 0 Å². The van der Waals surface area contributed by atoms with E-state index in [1.54, 1.807) is 12.1 Å².